The smallest absolute Gasteiger partial charge is 0.123 e. The van der Waals surface area contributed by atoms with Gasteiger partial charge in [-0.25, -0.2) is 0 Å². The summed E-state index contributed by atoms with van der Waals surface area (Å²) in [4.78, 5) is 0. The lowest BCUT2D eigenvalue weighted by Gasteiger charge is -2.22. The van der Waals surface area contributed by atoms with Gasteiger partial charge in [0.1, 0.15) is 11.5 Å². The second kappa shape index (κ2) is 6.77. The first-order valence-corrected chi connectivity index (χ1v) is 7.60. The minimum absolute atomic E-state index is 0.176. The molecule has 108 valence electrons. The second-order valence-electron chi connectivity index (χ2n) is 4.77. The van der Waals surface area contributed by atoms with Crippen LogP contribution in [0.3, 0.4) is 0 Å². The van der Waals surface area contributed by atoms with Crippen molar-refractivity contribution in [1.82, 2.24) is 5.32 Å². The first-order valence-electron chi connectivity index (χ1n) is 6.65. The van der Waals surface area contributed by atoms with Gasteiger partial charge in [-0.05, 0) is 54.4 Å². The molecule has 0 radical (unpaired) electrons. The number of benzene rings is 1. The third-order valence-electron chi connectivity index (χ3n) is 3.45. The Morgan fingerprint density at radius 3 is 2.45 bits per heavy atom. The van der Waals surface area contributed by atoms with Gasteiger partial charge in [-0.2, -0.15) is 11.3 Å². The summed E-state index contributed by atoms with van der Waals surface area (Å²) >= 11 is 1.72. The van der Waals surface area contributed by atoms with E-state index in [-0.39, 0.29) is 6.04 Å². The normalized spacial score (nSPS) is 13.8. The van der Waals surface area contributed by atoms with Crippen LogP contribution in [0, 0.1) is 0 Å². The molecule has 1 heterocycles. The van der Waals surface area contributed by atoms with Crippen LogP contribution in [0.2, 0.25) is 0 Å². The van der Waals surface area contributed by atoms with Gasteiger partial charge in [0.2, 0.25) is 0 Å². The fourth-order valence-electron chi connectivity index (χ4n) is 2.26. The molecule has 1 N–H and O–H groups in total. The van der Waals surface area contributed by atoms with Gasteiger partial charge < -0.3 is 14.8 Å². The van der Waals surface area contributed by atoms with Gasteiger partial charge >= 0.3 is 0 Å². The maximum atomic E-state index is 5.44. The summed E-state index contributed by atoms with van der Waals surface area (Å²) in [6, 6.07) is 8.51. The Kier molecular flexibility index (Phi) is 5.04. The van der Waals surface area contributed by atoms with Crippen molar-refractivity contribution in [2.45, 2.75) is 25.9 Å². The SMILES string of the molecule is COc1ccc(OC)c(C(C)NC(C)c2ccsc2)c1. The van der Waals surface area contributed by atoms with Crippen LogP contribution in [0.5, 0.6) is 11.5 Å². The van der Waals surface area contributed by atoms with Crippen LogP contribution in [0.25, 0.3) is 0 Å². The number of methoxy groups -OCH3 is 2. The molecule has 0 saturated heterocycles. The van der Waals surface area contributed by atoms with Crippen LogP contribution in [0.15, 0.2) is 35.0 Å². The zero-order valence-electron chi connectivity index (χ0n) is 12.3. The first-order chi connectivity index (χ1) is 9.65. The summed E-state index contributed by atoms with van der Waals surface area (Å²) in [6.45, 7) is 4.31. The largest absolute Gasteiger partial charge is 0.497 e. The van der Waals surface area contributed by atoms with E-state index in [4.69, 9.17) is 9.47 Å². The van der Waals surface area contributed by atoms with Crippen LogP contribution >= 0.6 is 11.3 Å². The fraction of sp³-hybridized carbons (Fsp3) is 0.375. The fourth-order valence-corrected chi connectivity index (χ4v) is 3.01. The molecule has 20 heavy (non-hydrogen) atoms. The maximum Gasteiger partial charge on any atom is 0.123 e. The maximum absolute atomic E-state index is 5.44. The minimum atomic E-state index is 0.176. The zero-order valence-corrected chi connectivity index (χ0v) is 13.2. The lowest BCUT2D eigenvalue weighted by molar-refractivity contribution is 0.387. The summed E-state index contributed by atoms with van der Waals surface area (Å²) in [6.07, 6.45) is 0. The van der Waals surface area contributed by atoms with E-state index in [2.05, 4.69) is 36.0 Å². The second-order valence-corrected chi connectivity index (χ2v) is 5.55. The lowest BCUT2D eigenvalue weighted by Crippen LogP contribution is -2.22. The molecule has 0 spiro atoms. The van der Waals surface area contributed by atoms with Crippen LogP contribution < -0.4 is 14.8 Å². The van der Waals surface area contributed by atoms with Crippen LogP contribution in [0.1, 0.15) is 37.1 Å². The molecule has 3 nitrogen and oxygen atoms in total. The van der Waals surface area contributed by atoms with E-state index in [0.29, 0.717) is 6.04 Å². The molecule has 0 amide bonds. The van der Waals surface area contributed by atoms with Crippen molar-refractivity contribution in [2.24, 2.45) is 0 Å². The van der Waals surface area contributed by atoms with Crippen molar-refractivity contribution < 1.29 is 9.47 Å². The van der Waals surface area contributed by atoms with Gasteiger partial charge in [0.05, 0.1) is 14.2 Å². The van der Waals surface area contributed by atoms with Crippen molar-refractivity contribution in [1.29, 1.82) is 0 Å². The summed E-state index contributed by atoms with van der Waals surface area (Å²) in [5, 5.41) is 7.87. The van der Waals surface area contributed by atoms with E-state index in [9.17, 15) is 0 Å². The Morgan fingerprint density at radius 1 is 1.05 bits per heavy atom. The Balaban J connectivity index is 2.17. The van der Waals surface area contributed by atoms with Crippen molar-refractivity contribution >= 4 is 11.3 Å². The summed E-state index contributed by atoms with van der Waals surface area (Å²) < 4.78 is 10.7. The Labute approximate surface area is 124 Å². The van der Waals surface area contributed by atoms with Gasteiger partial charge in [0, 0.05) is 17.6 Å². The molecule has 2 rings (SSSR count). The number of hydrogen-bond acceptors (Lipinski definition) is 4. The molecule has 1 aromatic heterocycles. The van der Waals surface area contributed by atoms with Gasteiger partial charge in [-0.15, -0.1) is 0 Å². The number of thiophene rings is 1. The quantitative estimate of drug-likeness (QED) is 0.866. The van der Waals surface area contributed by atoms with Gasteiger partial charge in [-0.3, -0.25) is 0 Å². The molecule has 1 aromatic carbocycles. The average molecular weight is 291 g/mol. The molecule has 0 fully saturated rings. The standard InChI is InChI=1S/C16H21NO2S/c1-11(13-7-8-20-10-13)17-12(2)15-9-14(18-3)5-6-16(15)19-4/h5-12,17H,1-4H3. The van der Waals surface area contributed by atoms with Gasteiger partial charge in [-0.1, -0.05) is 0 Å². The van der Waals surface area contributed by atoms with Crippen molar-refractivity contribution in [3.05, 3.63) is 46.2 Å². The monoisotopic (exact) mass is 291 g/mol. The predicted octanol–water partition coefficient (Wildman–Crippen LogP) is 4.18. The molecular formula is C16H21NO2S. The van der Waals surface area contributed by atoms with Crippen LogP contribution in [-0.2, 0) is 0 Å². The molecule has 0 aliphatic carbocycles. The van der Waals surface area contributed by atoms with Crippen molar-refractivity contribution in [3.63, 3.8) is 0 Å². The van der Waals surface area contributed by atoms with Crippen LogP contribution in [0.4, 0.5) is 0 Å². The summed E-state index contributed by atoms with van der Waals surface area (Å²) in [7, 11) is 3.37. The van der Waals surface area contributed by atoms with E-state index in [1.54, 1.807) is 25.6 Å². The van der Waals surface area contributed by atoms with Crippen molar-refractivity contribution in [2.75, 3.05) is 14.2 Å². The van der Waals surface area contributed by atoms with Gasteiger partial charge in [0.25, 0.3) is 0 Å². The summed E-state index contributed by atoms with van der Waals surface area (Å²) in [5.74, 6) is 1.72. The molecule has 2 aromatic rings. The molecule has 2 atom stereocenters. The highest BCUT2D eigenvalue weighted by atomic mass is 32.1. The Hall–Kier alpha value is -1.52. The van der Waals surface area contributed by atoms with Gasteiger partial charge in [0.15, 0.2) is 0 Å². The lowest BCUT2D eigenvalue weighted by atomic mass is 10.0. The van der Waals surface area contributed by atoms with E-state index in [1.807, 2.05) is 18.2 Å². The number of ether oxygens (including phenoxy) is 2. The topological polar surface area (TPSA) is 30.5 Å². The van der Waals surface area contributed by atoms with Crippen LogP contribution in [-0.4, -0.2) is 14.2 Å². The molecule has 0 bridgehead atoms. The van der Waals surface area contributed by atoms with E-state index >= 15 is 0 Å². The molecule has 2 unspecified atom stereocenters. The number of rotatable bonds is 6. The number of nitrogens with one attached hydrogen (secondary N) is 1. The van der Waals surface area contributed by atoms with Crippen molar-refractivity contribution in [3.8, 4) is 11.5 Å². The molecule has 0 saturated carbocycles. The Morgan fingerprint density at radius 2 is 1.85 bits per heavy atom. The highest BCUT2D eigenvalue weighted by molar-refractivity contribution is 7.07. The number of hydrogen-bond donors (Lipinski definition) is 1. The van der Waals surface area contributed by atoms with E-state index in [1.165, 1.54) is 5.56 Å². The first kappa shape index (κ1) is 14.9. The molecule has 4 heteroatoms. The highest BCUT2D eigenvalue weighted by Gasteiger charge is 2.16. The third kappa shape index (κ3) is 3.32. The Bertz CT molecular complexity index is 539. The highest BCUT2D eigenvalue weighted by Crippen LogP contribution is 2.30. The summed E-state index contributed by atoms with van der Waals surface area (Å²) in [5.41, 5.74) is 2.41. The zero-order chi connectivity index (χ0) is 14.5. The van der Waals surface area contributed by atoms with E-state index < -0.39 is 0 Å². The predicted molar refractivity (Wildman–Crippen MR) is 83.8 cm³/mol. The molecule has 0 aliphatic heterocycles. The third-order valence-corrected chi connectivity index (χ3v) is 4.15. The minimum Gasteiger partial charge on any atom is -0.497 e. The van der Waals surface area contributed by atoms with E-state index in [0.717, 1.165) is 17.1 Å². The molecular weight excluding hydrogens is 270 g/mol. The molecule has 0 aliphatic rings. The average Bonchev–Trinajstić information content (AvgIpc) is 3.00.